The molecule has 6 nitrogen and oxygen atoms in total. The number of ether oxygens (including phenoxy) is 1. The van der Waals surface area contributed by atoms with Crippen molar-refractivity contribution in [2.24, 2.45) is 4.99 Å². The van der Waals surface area contributed by atoms with Crippen LogP contribution >= 0.6 is 0 Å². The first-order chi connectivity index (χ1) is 14.1. The maximum atomic E-state index is 12.5. The predicted molar refractivity (Wildman–Crippen MR) is 115 cm³/mol. The number of aromatic nitrogens is 2. The summed E-state index contributed by atoms with van der Waals surface area (Å²) in [7, 11) is 0. The van der Waals surface area contributed by atoms with E-state index in [1.165, 1.54) is 5.56 Å². The predicted octanol–water partition coefficient (Wildman–Crippen LogP) is 2.92. The van der Waals surface area contributed by atoms with Crippen LogP contribution in [0.25, 0.3) is 6.58 Å². The van der Waals surface area contributed by atoms with Crippen LogP contribution < -0.4 is 26.0 Å². The largest absolute Gasteiger partial charge is 0.494 e. The van der Waals surface area contributed by atoms with Gasteiger partial charge < -0.3 is 14.6 Å². The summed E-state index contributed by atoms with van der Waals surface area (Å²) in [6.45, 7) is 9.05. The van der Waals surface area contributed by atoms with Crippen molar-refractivity contribution in [1.82, 2.24) is 9.97 Å². The van der Waals surface area contributed by atoms with Gasteiger partial charge in [0, 0.05) is 12.6 Å². The van der Waals surface area contributed by atoms with E-state index < -0.39 is 0 Å². The number of hydrogen-bond acceptors (Lipinski definition) is 5. The van der Waals surface area contributed by atoms with Gasteiger partial charge in [0.05, 0.1) is 18.0 Å². The fourth-order valence-corrected chi connectivity index (χ4v) is 3.62. The van der Waals surface area contributed by atoms with E-state index >= 15 is 0 Å². The molecule has 0 aliphatic carbocycles. The number of nitrogens with zero attached hydrogens (tertiary/aromatic N) is 3. The highest BCUT2D eigenvalue weighted by atomic mass is 16.5. The van der Waals surface area contributed by atoms with E-state index in [4.69, 9.17) is 4.74 Å². The summed E-state index contributed by atoms with van der Waals surface area (Å²) in [6, 6.07) is 14.3. The molecule has 0 bridgehead atoms. The highest BCUT2D eigenvalue weighted by Crippen LogP contribution is 2.39. The maximum Gasteiger partial charge on any atom is 0.279 e. The lowest BCUT2D eigenvalue weighted by molar-refractivity contribution is 0.338. The van der Waals surface area contributed by atoms with Gasteiger partial charge >= 0.3 is 0 Å². The Morgan fingerprint density at radius 3 is 2.76 bits per heavy atom. The van der Waals surface area contributed by atoms with Crippen LogP contribution in [0.5, 0.6) is 5.75 Å². The van der Waals surface area contributed by atoms with E-state index in [0.29, 0.717) is 29.8 Å². The molecule has 4 rings (SSSR count). The molecule has 0 atom stereocenters. The average molecular weight is 388 g/mol. The number of rotatable bonds is 6. The summed E-state index contributed by atoms with van der Waals surface area (Å²) in [5.74, 6) is 1.36. The van der Waals surface area contributed by atoms with Crippen LogP contribution in [0.1, 0.15) is 24.5 Å². The zero-order valence-corrected chi connectivity index (χ0v) is 16.7. The van der Waals surface area contributed by atoms with Gasteiger partial charge in [-0.2, -0.15) is 0 Å². The highest BCUT2D eigenvalue weighted by Gasteiger charge is 2.24. The average Bonchev–Trinajstić information content (AvgIpc) is 2.70. The number of fused-ring (bicyclic) bond motifs is 2. The molecule has 2 heterocycles. The van der Waals surface area contributed by atoms with Gasteiger partial charge in [-0.1, -0.05) is 36.9 Å². The number of aromatic amines is 1. The molecule has 0 radical (unpaired) electrons. The molecule has 0 spiro atoms. The van der Waals surface area contributed by atoms with Crippen molar-refractivity contribution in [3.8, 4) is 5.75 Å². The molecule has 1 aliphatic rings. The maximum absolute atomic E-state index is 12.5. The molecular weight excluding hydrogens is 364 g/mol. The van der Waals surface area contributed by atoms with Crippen molar-refractivity contribution in [1.29, 1.82) is 0 Å². The summed E-state index contributed by atoms with van der Waals surface area (Å²) >= 11 is 0. The molecule has 6 heteroatoms. The van der Waals surface area contributed by atoms with Crippen LogP contribution in [0.3, 0.4) is 0 Å². The minimum absolute atomic E-state index is 0.273. The zero-order valence-electron chi connectivity index (χ0n) is 16.7. The number of nitrogens with one attached hydrogen (secondary N) is 1. The number of aryl methyl sites for hydroxylation is 2. The van der Waals surface area contributed by atoms with Gasteiger partial charge in [0.1, 0.15) is 11.2 Å². The van der Waals surface area contributed by atoms with Gasteiger partial charge in [0.15, 0.2) is 11.2 Å². The van der Waals surface area contributed by atoms with Crippen molar-refractivity contribution in [2.75, 3.05) is 18.1 Å². The van der Waals surface area contributed by atoms with Crippen LogP contribution in [0.15, 0.2) is 52.3 Å². The first-order valence-corrected chi connectivity index (χ1v) is 9.83. The minimum atomic E-state index is -0.273. The molecule has 0 saturated heterocycles. The van der Waals surface area contributed by atoms with E-state index in [-0.39, 0.29) is 5.56 Å². The van der Waals surface area contributed by atoms with Gasteiger partial charge in [-0.15, -0.1) is 0 Å². The Hall–Kier alpha value is -3.41. The molecule has 0 saturated carbocycles. The third kappa shape index (κ3) is 3.78. The van der Waals surface area contributed by atoms with Crippen molar-refractivity contribution in [3.63, 3.8) is 0 Å². The van der Waals surface area contributed by atoms with Crippen molar-refractivity contribution >= 4 is 23.8 Å². The number of benzene rings is 2. The SMILES string of the molecule is C=c1nc2c(c(=O)[nH]1)=Nc1cc(C)c(OCC)cc1N2CCCc1ccccc1. The van der Waals surface area contributed by atoms with E-state index in [1.54, 1.807) is 0 Å². The Bertz CT molecular complexity index is 1200. The van der Waals surface area contributed by atoms with E-state index in [9.17, 15) is 4.79 Å². The Labute approximate surface area is 169 Å². The lowest BCUT2D eigenvalue weighted by atomic mass is 10.1. The zero-order chi connectivity index (χ0) is 20.4. The van der Waals surface area contributed by atoms with Gasteiger partial charge in [-0.25, -0.2) is 9.98 Å². The van der Waals surface area contributed by atoms with Crippen LogP contribution in [-0.4, -0.2) is 23.1 Å². The summed E-state index contributed by atoms with van der Waals surface area (Å²) < 4.78 is 5.79. The number of H-pyrrole nitrogens is 1. The first kappa shape index (κ1) is 18.9. The van der Waals surface area contributed by atoms with Gasteiger partial charge in [0.25, 0.3) is 5.56 Å². The molecule has 29 heavy (non-hydrogen) atoms. The van der Waals surface area contributed by atoms with Crippen LogP contribution in [-0.2, 0) is 6.42 Å². The monoisotopic (exact) mass is 388 g/mol. The lowest BCUT2D eigenvalue weighted by Gasteiger charge is -2.28. The standard InChI is InChI=1S/C23H24N4O2/c1-4-29-20-14-19-18(13-15(20)2)26-21-22(24-16(3)25-23(21)28)27(19)12-8-11-17-9-6-5-7-10-17/h5-7,9-10,13-14H,3-4,8,11-12H2,1-2H3,(H,25,28). The Kier molecular flexibility index (Phi) is 5.16. The third-order valence-corrected chi connectivity index (χ3v) is 4.97. The van der Waals surface area contributed by atoms with E-state index in [2.05, 4.69) is 38.6 Å². The van der Waals surface area contributed by atoms with Crippen LogP contribution in [0.2, 0.25) is 0 Å². The molecule has 1 aliphatic heterocycles. The van der Waals surface area contributed by atoms with Gasteiger partial charge in [-0.05, 0) is 43.9 Å². The second-order valence-electron chi connectivity index (χ2n) is 7.08. The fraction of sp³-hybridized carbons (Fsp3) is 0.261. The molecule has 3 aromatic rings. The molecule has 2 aromatic carbocycles. The molecule has 148 valence electrons. The summed E-state index contributed by atoms with van der Waals surface area (Å²) in [4.78, 5) is 26.3. The van der Waals surface area contributed by atoms with Gasteiger partial charge in [0.2, 0.25) is 0 Å². The second kappa shape index (κ2) is 7.91. The Morgan fingerprint density at radius 2 is 2.00 bits per heavy atom. The molecule has 0 unspecified atom stereocenters. The summed E-state index contributed by atoms with van der Waals surface area (Å²) in [6.07, 6.45) is 1.84. The summed E-state index contributed by atoms with van der Waals surface area (Å²) in [5, 5.41) is 0.327. The molecule has 0 fully saturated rings. The lowest BCUT2D eigenvalue weighted by Crippen LogP contribution is -2.42. The second-order valence-corrected chi connectivity index (χ2v) is 7.08. The van der Waals surface area contributed by atoms with E-state index in [0.717, 1.165) is 35.5 Å². The smallest absolute Gasteiger partial charge is 0.279 e. The van der Waals surface area contributed by atoms with Gasteiger partial charge in [-0.3, -0.25) is 4.79 Å². The van der Waals surface area contributed by atoms with Crippen molar-refractivity contribution < 1.29 is 4.74 Å². The molecular formula is C23H24N4O2. The van der Waals surface area contributed by atoms with Crippen LogP contribution in [0.4, 0.5) is 17.2 Å². The fourth-order valence-electron chi connectivity index (χ4n) is 3.62. The number of anilines is 2. The Morgan fingerprint density at radius 1 is 1.21 bits per heavy atom. The summed E-state index contributed by atoms with van der Waals surface area (Å²) in [5.41, 5.74) is 3.98. The normalized spacial score (nSPS) is 12.1. The Balaban J connectivity index is 1.77. The van der Waals surface area contributed by atoms with Crippen molar-refractivity contribution in [3.05, 3.63) is 74.8 Å². The topological polar surface area (TPSA) is 70.6 Å². The highest BCUT2D eigenvalue weighted by molar-refractivity contribution is 5.78. The third-order valence-electron chi connectivity index (χ3n) is 4.97. The van der Waals surface area contributed by atoms with E-state index in [1.807, 2.05) is 44.2 Å². The van der Waals surface area contributed by atoms with Crippen molar-refractivity contribution in [2.45, 2.75) is 26.7 Å². The quantitative estimate of drug-likeness (QED) is 0.705. The molecule has 0 amide bonds. The minimum Gasteiger partial charge on any atom is -0.494 e. The van der Waals surface area contributed by atoms with Crippen LogP contribution in [0, 0.1) is 6.92 Å². The number of hydrogen-bond donors (Lipinski definition) is 1. The molecule has 1 N–H and O–H groups in total. The first-order valence-electron chi connectivity index (χ1n) is 9.83. The molecule has 1 aromatic heterocycles.